The molecule has 1 N–H and O–H groups in total. The average molecular weight is 370 g/mol. The van der Waals surface area contributed by atoms with E-state index >= 15 is 0 Å². The van der Waals surface area contributed by atoms with E-state index in [1.807, 2.05) is 62.4 Å². The highest BCUT2D eigenvalue weighted by atomic mass is 16.5. The summed E-state index contributed by atoms with van der Waals surface area (Å²) in [6.07, 6.45) is -0.573. The van der Waals surface area contributed by atoms with Crippen LogP contribution < -0.4 is 14.8 Å². The van der Waals surface area contributed by atoms with Crippen LogP contribution in [0.2, 0.25) is 0 Å². The molecule has 0 radical (unpaired) electrons. The van der Waals surface area contributed by atoms with Gasteiger partial charge in [0, 0.05) is 0 Å². The van der Waals surface area contributed by atoms with Gasteiger partial charge in [0.05, 0.1) is 12.6 Å². The third kappa shape index (κ3) is 6.02. The van der Waals surface area contributed by atoms with E-state index in [2.05, 4.69) is 26.1 Å². The zero-order valence-corrected chi connectivity index (χ0v) is 17.2. The highest BCUT2D eigenvalue weighted by Crippen LogP contribution is 2.25. The first kappa shape index (κ1) is 20.8. The molecule has 0 fully saturated rings. The lowest BCUT2D eigenvalue weighted by Crippen LogP contribution is -2.37. The van der Waals surface area contributed by atoms with Crippen LogP contribution >= 0.6 is 0 Å². The SMILES string of the molecule is CCOc1ccc([C@H](C)NC(=O)[C@H](C)Oc2ccc(C(C)(C)C)cc2)cc1. The molecule has 0 aliphatic carbocycles. The summed E-state index contributed by atoms with van der Waals surface area (Å²) >= 11 is 0. The molecule has 1 amide bonds. The lowest BCUT2D eigenvalue weighted by Gasteiger charge is -2.21. The van der Waals surface area contributed by atoms with E-state index in [9.17, 15) is 4.79 Å². The Hall–Kier alpha value is -2.49. The molecule has 27 heavy (non-hydrogen) atoms. The van der Waals surface area contributed by atoms with Crippen LogP contribution in [-0.2, 0) is 10.2 Å². The van der Waals surface area contributed by atoms with Gasteiger partial charge in [-0.1, -0.05) is 45.0 Å². The van der Waals surface area contributed by atoms with Crippen LogP contribution in [0.1, 0.15) is 58.7 Å². The van der Waals surface area contributed by atoms with Crippen molar-refractivity contribution in [3.8, 4) is 11.5 Å². The number of hydrogen-bond acceptors (Lipinski definition) is 3. The fourth-order valence-electron chi connectivity index (χ4n) is 2.72. The predicted octanol–water partition coefficient (Wildman–Crippen LogP) is 5.03. The van der Waals surface area contributed by atoms with E-state index in [4.69, 9.17) is 9.47 Å². The summed E-state index contributed by atoms with van der Waals surface area (Å²) in [5.74, 6) is 1.38. The van der Waals surface area contributed by atoms with Crippen LogP contribution in [0.15, 0.2) is 48.5 Å². The summed E-state index contributed by atoms with van der Waals surface area (Å²) < 4.78 is 11.2. The van der Waals surface area contributed by atoms with Gasteiger partial charge in [-0.25, -0.2) is 0 Å². The molecule has 0 saturated carbocycles. The van der Waals surface area contributed by atoms with Gasteiger partial charge in [0.1, 0.15) is 11.5 Å². The lowest BCUT2D eigenvalue weighted by atomic mass is 9.87. The molecule has 0 bridgehead atoms. The van der Waals surface area contributed by atoms with Gasteiger partial charge in [0.2, 0.25) is 0 Å². The number of benzene rings is 2. The first-order valence-electron chi connectivity index (χ1n) is 9.51. The minimum Gasteiger partial charge on any atom is -0.494 e. The van der Waals surface area contributed by atoms with E-state index in [0.29, 0.717) is 12.4 Å². The lowest BCUT2D eigenvalue weighted by molar-refractivity contribution is -0.127. The van der Waals surface area contributed by atoms with Crippen LogP contribution in [0.4, 0.5) is 0 Å². The van der Waals surface area contributed by atoms with Crippen molar-refractivity contribution in [2.45, 2.75) is 59.1 Å². The topological polar surface area (TPSA) is 47.6 Å². The minimum atomic E-state index is -0.573. The molecule has 0 heterocycles. The maximum atomic E-state index is 12.5. The second kappa shape index (κ2) is 8.94. The van der Waals surface area contributed by atoms with E-state index in [0.717, 1.165) is 11.3 Å². The molecule has 0 aliphatic rings. The fraction of sp³-hybridized carbons (Fsp3) is 0.435. The molecule has 2 atom stereocenters. The molecule has 0 saturated heterocycles. The van der Waals surface area contributed by atoms with Gasteiger partial charge in [-0.05, 0) is 61.6 Å². The summed E-state index contributed by atoms with van der Waals surface area (Å²) in [4.78, 5) is 12.5. The number of carbonyl (C=O) groups excluding carboxylic acids is 1. The maximum Gasteiger partial charge on any atom is 0.261 e. The summed E-state index contributed by atoms with van der Waals surface area (Å²) in [5, 5.41) is 3.00. The number of carbonyl (C=O) groups is 1. The number of rotatable bonds is 7. The van der Waals surface area contributed by atoms with Gasteiger partial charge in [-0.2, -0.15) is 0 Å². The molecule has 2 aromatic rings. The Balaban J connectivity index is 1.92. The zero-order chi connectivity index (χ0) is 20.0. The Bertz CT molecular complexity index is 730. The van der Waals surface area contributed by atoms with Crippen LogP contribution in [0.25, 0.3) is 0 Å². The first-order chi connectivity index (χ1) is 12.7. The van der Waals surface area contributed by atoms with E-state index in [-0.39, 0.29) is 17.4 Å². The first-order valence-corrected chi connectivity index (χ1v) is 9.51. The second-order valence-corrected chi connectivity index (χ2v) is 7.77. The molecular weight excluding hydrogens is 338 g/mol. The van der Waals surface area contributed by atoms with Gasteiger partial charge in [0.25, 0.3) is 5.91 Å². The quantitative estimate of drug-likeness (QED) is 0.745. The molecule has 4 nitrogen and oxygen atoms in total. The van der Waals surface area contributed by atoms with Crippen molar-refractivity contribution in [1.82, 2.24) is 5.32 Å². The minimum absolute atomic E-state index is 0.0919. The van der Waals surface area contributed by atoms with Crippen molar-refractivity contribution in [1.29, 1.82) is 0 Å². The van der Waals surface area contributed by atoms with Gasteiger partial charge in [0.15, 0.2) is 6.10 Å². The Morgan fingerprint density at radius 2 is 1.52 bits per heavy atom. The molecule has 0 unspecified atom stereocenters. The maximum absolute atomic E-state index is 12.5. The second-order valence-electron chi connectivity index (χ2n) is 7.77. The molecular formula is C23H31NO3. The van der Waals surface area contributed by atoms with E-state index in [1.165, 1.54) is 5.56 Å². The van der Waals surface area contributed by atoms with Crippen molar-refractivity contribution in [2.24, 2.45) is 0 Å². The van der Waals surface area contributed by atoms with Crippen LogP contribution in [0.3, 0.4) is 0 Å². The predicted molar refractivity (Wildman–Crippen MR) is 109 cm³/mol. The molecule has 2 aromatic carbocycles. The molecule has 2 rings (SSSR count). The van der Waals surface area contributed by atoms with Crippen LogP contribution in [0.5, 0.6) is 11.5 Å². The van der Waals surface area contributed by atoms with Crippen molar-refractivity contribution >= 4 is 5.91 Å². The number of nitrogens with one attached hydrogen (secondary N) is 1. The highest BCUT2D eigenvalue weighted by molar-refractivity contribution is 5.81. The molecule has 0 aromatic heterocycles. The molecule has 0 aliphatic heterocycles. The van der Waals surface area contributed by atoms with Gasteiger partial charge in [-0.15, -0.1) is 0 Å². The van der Waals surface area contributed by atoms with Crippen molar-refractivity contribution in [3.63, 3.8) is 0 Å². The van der Waals surface area contributed by atoms with Crippen molar-refractivity contribution < 1.29 is 14.3 Å². The Kier molecular flexibility index (Phi) is 6.89. The Morgan fingerprint density at radius 1 is 0.963 bits per heavy atom. The number of ether oxygens (including phenoxy) is 2. The smallest absolute Gasteiger partial charge is 0.261 e. The summed E-state index contributed by atoms with van der Waals surface area (Å²) in [6.45, 7) is 12.8. The third-order valence-electron chi connectivity index (χ3n) is 4.45. The Labute approximate surface area is 162 Å². The van der Waals surface area contributed by atoms with Crippen molar-refractivity contribution in [2.75, 3.05) is 6.61 Å². The van der Waals surface area contributed by atoms with Crippen LogP contribution in [0, 0.1) is 0 Å². The van der Waals surface area contributed by atoms with Gasteiger partial charge in [-0.3, -0.25) is 4.79 Å². The highest BCUT2D eigenvalue weighted by Gasteiger charge is 2.19. The molecule has 146 valence electrons. The normalized spacial score (nSPS) is 13.6. The summed E-state index contributed by atoms with van der Waals surface area (Å²) in [6, 6.07) is 15.6. The monoisotopic (exact) mass is 369 g/mol. The number of amides is 1. The van der Waals surface area contributed by atoms with Gasteiger partial charge < -0.3 is 14.8 Å². The summed E-state index contributed by atoms with van der Waals surface area (Å²) in [7, 11) is 0. The molecule has 4 heteroatoms. The van der Waals surface area contributed by atoms with Crippen molar-refractivity contribution in [3.05, 3.63) is 59.7 Å². The zero-order valence-electron chi connectivity index (χ0n) is 17.2. The van der Waals surface area contributed by atoms with E-state index < -0.39 is 6.10 Å². The number of hydrogen-bond donors (Lipinski definition) is 1. The standard InChI is InChI=1S/C23H31NO3/c1-7-26-20-12-8-18(9-13-20)16(2)24-22(25)17(3)27-21-14-10-19(11-15-21)23(4,5)6/h8-17H,7H2,1-6H3,(H,24,25)/t16-,17-/m0/s1. The third-order valence-corrected chi connectivity index (χ3v) is 4.45. The Morgan fingerprint density at radius 3 is 2.04 bits per heavy atom. The summed E-state index contributed by atoms with van der Waals surface area (Å²) in [5.41, 5.74) is 2.35. The molecule has 0 spiro atoms. The van der Waals surface area contributed by atoms with Crippen LogP contribution in [-0.4, -0.2) is 18.6 Å². The largest absolute Gasteiger partial charge is 0.494 e. The van der Waals surface area contributed by atoms with Gasteiger partial charge >= 0.3 is 0 Å². The van der Waals surface area contributed by atoms with E-state index in [1.54, 1.807) is 6.92 Å². The average Bonchev–Trinajstić information content (AvgIpc) is 2.62. The fourth-order valence-corrected chi connectivity index (χ4v) is 2.72.